The van der Waals surface area contributed by atoms with Gasteiger partial charge in [-0.15, -0.1) is 0 Å². The highest BCUT2D eigenvalue weighted by Crippen LogP contribution is 2.30. The molecule has 0 aliphatic carbocycles. The van der Waals surface area contributed by atoms with Crippen LogP contribution in [0.2, 0.25) is 0 Å². The predicted octanol–water partition coefficient (Wildman–Crippen LogP) is 6.54. The van der Waals surface area contributed by atoms with E-state index in [1.54, 1.807) is 6.20 Å². The second kappa shape index (κ2) is 8.10. The molecule has 3 nitrogen and oxygen atoms in total. The topological polar surface area (TPSA) is 38.7 Å². The van der Waals surface area contributed by atoms with Crippen LogP contribution in [0.3, 0.4) is 0 Å². The first-order chi connectivity index (χ1) is 14.9. The SMILES string of the molecule is c1ccc(-c2cc(-c3ccccc3)nc(-c3cccc(-c4ccccn4)n3)c2)cc1. The lowest BCUT2D eigenvalue weighted by Crippen LogP contribution is -1.94. The van der Waals surface area contributed by atoms with Gasteiger partial charge in [0.1, 0.15) is 0 Å². The molecule has 5 aromatic rings. The molecule has 0 amide bonds. The maximum Gasteiger partial charge on any atom is 0.0900 e. The number of hydrogen-bond donors (Lipinski definition) is 0. The number of hydrogen-bond acceptors (Lipinski definition) is 3. The van der Waals surface area contributed by atoms with Crippen molar-refractivity contribution in [1.29, 1.82) is 0 Å². The van der Waals surface area contributed by atoms with E-state index < -0.39 is 0 Å². The largest absolute Gasteiger partial charge is 0.255 e. The van der Waals surface area contributed by atoms with Gasteiger partial charge in [-0.3, -0.25) is 4.98 Å². The Morgan fingerprint density at radius 2 is 0.933 bits per heavy atom. The fourth-order valence-electron chi connectivity index (χ4n) is 3.45. The summed E-state index contributed by atoms with van der Waals surface area (Å²) in [7, 11) is 0. The van der Waals surface area contributed by atoms with Gasteiger partial charge >= 0.3 is 0 Å². The normalized spacial score (nSPS) is 10.7. The van der Waals surface area contributed by atoms with Gasteiger partial charge in [-0.1, -0.05) is 72.8 Å². The van der Waals surface area contributed by atoms with Gasteiger partial charge in [-0.25, -0.2) is 9.97 Å². The Kier molecular flexibility index (Phi) is 4.84. The minimum Gasteiger partial charge on any atom is -0.255 e. The second-order valence-corrected chi connectivity index (χ2v) is 6.98. The number of aromatic nitrogens is 3. The van der Waals surface area contributed by atoms with E-state index in [2.05, 4.69) is 53.5 Å². The summed E-state index contributed by atoms with van der Waals surface area (Å²) in [5, 5.41) is 0. The Morgan fingerprint density at radius 3 is 1.63 bits per heavy atom. The third kappa shape index (κ3) is 3.74. The van der Waals surface area contributed by atoms with Crippen LogP contribution in [0.15, 0.2) is 115 Å². The standard InChI is InChI=1S/C27H19N3/c1-3-10-20(11-4-1)22-18-26(21-12-5-2-6-13-21)30-27(19-22)25-16-9-15-24(29-25)23-14-7-8-17-28-23/h1-19H. The molecule has 3 heterocycles. The van der Waals surface area contributed by atoms with Gasteiger partial charge in [0.25, 0.3) is 0 Å². The van der Waals surface area contributed by atoms with Crippen LogP contribution in [-0.2, 0) is 0 Å². The molecule has 0 unspecified atom stereocenters. The minimum atomic E-state index is 0.827. The predicted molar refractivity (Wildman–Crippen MR) is 122 cm³/mol. The van der Waals surface area contributed by atoms with E-state index in [0.29, 0.717) is 0 Å². The van der Waals surface area contributed by atoms with Gasteiger partial charge in [-0.05, 0) is 47.5 Å². The fourth-order valence-corrected chi connectivity index (χ4v) is 3.45. The molecule has 3 aromatic heterocycles. The van der Waals surface area contributed by atoms with E-state index in [-0.39, 0.29) is 0 Å². The summed E-state index contributed by atoms with van der Waals surface area (Å²) in [6, 6.07) is 36.7. The lowest BCUT2D eigenvalue weighted by molar-refractivity contribution is 1.22. The van der Waals surface area contributed by atoms with E-state index in [4.69, 9.17) is 9.97 Å². The summed E-state index contributed by atoms with van der Waals surface area (Å²) >= 11 is 0. The summed E-state index contributed by atoms with van der Waals surface area (Å²) in [6.07, 6.45) is 1.78. The highest BCUT2D eigenvalue weighted by Gasteiger charge is 2.11. The molecule has 0 fully saturated rings. The molecule has 0 bridgehead atoms. The average molecular weight is 385 g/mol. The summed E-state index contributed by atoms with van der Waals surface area (Å²) < 4.78 is 0. The second-order valence-electron chi connectivity index (χ2n) is 6.98. The molecule has 0 aliphatic rings. The Bertz CT molecular complexity index is 1210. The zero-order chi connectivity index (χ0) is 20.2. The Balaban J connectivity index is 1.67. The number of benzene rings is 2. The first-order valence-corrected chi connectivity index (χ1v) is 9.88. The first kappa shape index (κ1) is 18.0. The highest BCUT2D eigenvalue weighted by atomic mass is 14.8. The summed E-state index contributed by atoms with van der Waals surface area (Å²) in [5.41, 5.74) is 7.63. The van der Waals surface area contributed by atoms with Crippen LogP contribution in [0.25, 0.3) is 45.2 Å². The third-order valence-electron chi connectivity index (χ3n) is 4.94. The van der Waals surface area contributed by atoms with Gasteiger partial charge in [-0.2, -0.15) is 0 Å². The zero-order valence-electron chi connectivity index (χ0n) is 16.3. The van der Waals surface area contributed by atoms with Gasteiger partial charge in [0.2, 0.25) is 0 Å². The van der Waals surface area contributed by atoms with Crippen LogP contribution in [0.4, 0.5) is 0 Å². The molecule has 30 heavy (non-hydrogen) atoms. The number of nitrogens with zero attached hydrogens (tertiary/aromatic N) is 3. The molecule has 0 radical (unpaired) electrons. The van der Waals surface area contributed by atoms with Crippen LogP contribution < -0.4 is 0 Å². The first-order valence-electron chi connectivity index (χ1n) is 9.88. The molecule has 0 N–H and O–H groups in total. The lowest BCUT2D eigenvalue weighted by Gasteiger charge is -2.10. The number of pyridine rings is 3. The van der Waals surface area contributed by atoms with E-state index in [0.717, 1.165) is 45.2 Å². The van der Waals surface area contributed by atoms with Crippen molar-refractivity contribution in [3.8, 4) is 45.2 Å². The van der Waals surface area contributed by atoms with Crippen molar-refractivity contribution >= 4 is 0 Å². The highest BCUT2D eigenvalue weighted by molar-refractivity contribution is 5.76. The Hall–Kier alpha value is -4.11. The monoisotopic (exact) mass is 385 g/mol. The lowest BCUT2D eigenvalue weighted by atomic mass is 10.0. The molecule has 0 atom stereocenters. The zero-order valence-corrected chi connectivity index (χ0v) is 16.3. The molecule has 0 aliphatic heterocycles. The summed E-state index contributed by atoms with van der Waals surface area (Å²) in [4.78, 5) is 14.2. The van der Waals surface area contributed by atoms with Crippen LogP contribution in [0.5, 0.6) is 0 Å². The molecular formula is C27H19N3. The maximum absolute atomic E-state index is 4.95. The Labute approximate surface area is 175 Å². The maximum atomic E-state index is 4.95. The van der Waals surface area contributed by atoms with E-state index >= 15 is 0 Å². The molecule has 3 heteroatoms. The fraction of sp³-hybridized carbons (Fsp3) is 0. The van der Waals surface area contributed by atoms with E-state index in [9.17, 15) is 0 Å². The van der Waals surface area contributed by atoms with Crippen molar-refractivity contribution in [2.45, 2.75) is 0 Å². The summed E-state index contributed by atoms with van der Waals surface area (Å²) in [5.74, 6) is 0. The van der Waals surface area contributed by atoms with Crippen LogP contribution in [-0.4, -0.2) is 15.0 Å². The molecule has 2 aromatic carbocycles. The van der Waals surface area contributed by atoms with Crippen LogP contribution in [0, 0.1) is 0 Å². The molecule has 0 spiro atoms. The van der Waals surface area contributed by atoms with Crippen LogP contribution >= 0.6 is 0 Å². The molecule has 0 saturated carbocycles. The van der Waals surface area contributed by atoms with Gasteiger partial charge < -0.3 is 0 Å². The van der Waals surface area contributed by atoms with Crippen molar-refractivity contribution in [3.63, 3.8) is 0 Å². The molecule has 5 rings (SSSR count). The van der Waals surface area contributed by atoms with Gasteiger partial charge in [0.05, 0.1) is 28.5 Å². The van der Waals surface area contributed by atoms with Gasteiger partial charge in [0.15, 0.2) is 0 Å². The average Bonchev–Trinajstić information content (AvgIpc) is 2.85. The molecular weight excluding hydrogens is 366 g/mol. The summed E-state index contributed by atoms with van der Waals surface area (Å²) in [6.45, 7) is 0. The molecule has 0 saturated heterocycles. The minimum absolute atomic E-state index is 0.827. The van der Waals surface area contributed by atoms with Crippen molar-refractivity contribution in [1.82, 2.24) is 15.0 Å². The Morgan fingerprint density at radius 1 is 0.367 bits per heavy atom. The smallest absolute Gasteiger partial charge is 0.0900 e. The van der Waals surface area contributed by atoms with Crippen molar-refractivity contribution in [2.24, 2.45) is 0 Å². The van der Waals surface area contributed by atoms with Gasteiger partial charge in [0, 0.05) is 11.8 Å². The number of rotatable bonds is 4. The quantitative estimate of drug-likeness (QED) is 0.352. The van der Waals surface area contributed by atoms with E-state index in [1.807, 2.05) is 60.7 Å². The van der Waals surface area contributed by atoms with Crippen molar-refractivity contribution < 1.29 is 0 Å². The van der Waals surface area contributed by atoms with Crippen LogP contribution in [0.1, 0.15) is 0 Å². The third-order valence-corrected chi connectivity index (χ3v) is 4.94. The van der Waals surface area contributed by atoms with Crippen molar-refractivity contribution in [3.05, 3.63) is 115 Å². The van der Waals surface area contributed by atoms with Crippen molar-refractivity contribution in [2.75, 3.05) is 0 Å². The molecule has 142 valence electrons. The van der Waals surface area contributed by atoms with E-state index in [1.165, 1.54) is 0 Å².